The molecule has 0 radical (unpaired) electrons. The Morgan fingerprint density at radius 2 is 2.15 bits per heavy atom. The maximum atomic E-state index is 10.9. The number of nitrogens with one attached hydrogen (secondary N) is 1. The summed E-state index contributed by atoms with van der Waals surface area (Å²) in [6.45, 7) is 4.26. The van der Waals surface area contributed by atoms with Crippen molar-refractivity contribution in [1.29, 1.82) is 0 Å². The number of ether oxygens (including phenoxy) is 2. The van der Waals surface area contributed by atoms with Crippen LogP contribution in [0.2, 0.25) is 0 Å². The quantitative estimate of drug-likeness (QED) is 0.402. The smallest absolute Gasteiger partial charge is 0.311 e. The summed E-state index contributed by atoms with van der Waals surface area (Å²) in [6.07, 6.45) is 3.36. The average Bonchev–Trinajstić information content (AvgIpc) is 2.43. The van der Waals surface area contributed by atoms with Gasteiger partial charge in [-0.25, -0.2) is 4.98 Å². The summed E-state index contributed by atoms with van der Waals surface area (Å²) in [5.74, 6) is 0.320. The Labute approximate surface area is 118 Å². The molecular formula is C13H21N3O4. The second kappa shape index (κ2) is 9.22. The molecule has 20 heavy (non-hydrogen) atoms. The molecule has 0 unspecified atom stereocenters. The molecule has 0 fully saturated rings. The SMILES string of the molecule is COCCOCCCCNc1ncc(C)cc1[N+](=O)[O-]. The monoisotopic (exact) mass is 283 g/mol. The Morgan fingerprint density at radius 3 is 2.85 bits per heavy atom. The molecule has 0 saturated heterocycles. The summed E-state index contributed by atoms with van der Waals surface area (Å²) in [4.78, 5) is 14.5. The Morgan fingerprint density at radius 1 is 1.35 bits per heavy atom. The van der Waals surface area contributed by atoms with E-state index in [1.165, 1.54) is 6.07 Å². The van der Waals surface area contributed by atoms with Gasteiger partial charge in [0.25, 0.3) is 0 Å². The van der Waals surface area contributed by atoms with Crippen molar-refractivity contribution in [2.45, 2.75) is 19.8 Å². The third-order valence-electron chi connectivity index (χ3n) is 2.64. The summed E-state index contributed by atoms with van der Waals surface area (Å²) in [6, 6.07) is 1.52. The Kier molecular flexibility index (Phi) is 7.52. The van der Waals surface area contributed by atoms with Gasteiger partial charge in [-0.1, -0.05) is 0 Å². The minimum absolute atomic E-state index is 0.0151. The fraction of sp³-hybridized carbons (Fsp3) is 0.615. The summed E-state index contributed by atoms with van der Waals surface area (Å²) < 4.78 is 10.2. The van der Waals surface area contributed by atoms with Crippen LogP contribution in [-0.4, -0.2) is 43.4 Å². The lowest BCUT2D eigenvalue weighted by atomic mass is 10.2. The Hall–Kier alpha value is -1.73. The topological polar surface area (TPSA) is 86.5 Å². The number of methoxy groups -OCH3 is 1. The van der Waals surface area contributed by atoms with Crippen LogP contribution < -0.4 is 5.32 Å². The normalized spacial score (nSPS) is 10.5. The van der Waals surface area contributed by atoms with Crippen LogP contribution in [0.4, 0.5) is 11.5 Å². The van der Waals surface area contributed by atoms with Gasteiger partial charge >= 0.3 is 5.69 Å². The molecule has 0 atom stereocenters. The van der Waals surface area contributed by atoms with E-state index in [0.717, 1.165) is 18.4 Å². The standard InChI is InChI=1S/C13H21N3O4/c1-11-9-12(16(17)18)13(15-10-11)14-5-3-4-6-20-8-7-19-2/h9-10H,3-8H2,1-2H3,(H,14,15). The van der Waals surface area contributed by atoms with Crippen LogP contribution in [0, 0.1) is 17.0 Å². The van der Waals surface area contributed by atoms with E-state index in [9.17, 15) is 10.1 Å². The molecule has 0 aromatic carbocycles. The molecule has 1 aromatic heterocycles. The van der Waals surface area contributed by atoms with Gasteiger partial charge in [-0.3, -0.25) is 10.1 Å². The van der Waals surface area contributed by atoms with Crippen LogP contribution in [0.3, 0.4) is 0 Å². The van der Waals surface area contributed by atoms with E-state index < -0.39 is 4.92 Å². The van der Waals surface area contributed by atoms with Crippen molar-refractivity contribution < 1.29 is 14.4 Å². The van der Waals surface area contributed by atoms with Crippen LogP contribution in [0.25, 0.3) is 0 Å². The predicted molar refractivity (Wildman–Crippen MR) is 76.0 cm³/mol. The van der Waals surface area contributed by atoms with Gasteiger partial charge < -0.3 is 14.8 Å². The summed E-state index contributed by atoms with van der Waals surface area (Å²) in [5, 5.41) is 13.9. The van der Waals surface area contributed by atoms with E-state index in [1.807, 2.05) is 0 Å². The van der Waals surface area contributed by atoms with E-state index in [0.29, 0.717) is 32.2 Å². The van der Waals surface area contributed by atoms with Crippen molar-refractivity contribution in [2.75, 3.05) is 38.8 Å². The highest BCUT2D eigenvalue weighted by atomic mass is 16.6. The van der Waals surface area contributed by atoms with E-state index in [4.69, 9.17) is 9.47 Å². The Balaban J connectivity index is 2.27. The van der Waals surface area contributed by atoms with Crippen LogP contribution in [0.5, 0.6) is 0 Å². The van der Waals surface area contributed by atoms with Crippen molar-refractivity contribution in [2.24, 2.45) is 0 Å². The molecule has 1 rings (SSSR count). The first-order valence-corrected chi connectivity index (χ1v) is 6.56. The number of pyridine rings is 1. The molecule has 0 spiro atoms. The highest BCUT2D eigenvalue weighted by molar-refractivity contribution is 5.56. The first kappa shape index (κ1) is 16.3. The zero-order valence-corrected chi connectivity index (χ0v) is 11.9. The number of anilines is 1. The maximum Gasteiger partial charge on any atom is 0.311 e. The minimum atomic E-state index is -0.420. The first-order valence-electron chi connectivity index (χ1n) is 6.56. The molecular weight excluding hydrogens is 262 g/mol. The number of nitrogens with zero attached hydrogens (tertiary/aromatic N) is 2. The van der Waals surface area contributed by atoms with Crippen molar-refractivity contribution in [3.63, 3.8) is 0 Å². The van der Waals surface area contributed by atoms with Crippen LogP contribution >= 0.6 is 0 Å². The summed E-state index contributed by atoms with van der Waals surface area (Å²) in [5.41, 5.74) is 0.787. The molecule has 1 N–H and O–H groups in total. The van der Waals surface area contributed by atoms with Gasteiger partial charge in [-0.2, -0.15) is 0 Å². The zero-order valence-electron chi connectivity index (χ0n) is 11.9. The molecule has 0 aliphatic heterocycles. The molecule has 0 aliphatic carbocycles. The first-order chi connectivity index (χ1) is 9.65. The van der Waals surface area contributed by atoms with E-state index in [1.54, 1.807) is 20.2 Å². The fourth-order valence-electron chi connectivity index (χ4n) is 1.61. The molecule has 0 bridgehead atoms. The molecule has 1 aromatic rings. The Bertz CT molecular complexity index is 426. The fourth-order valence-corrected chi connectivity index (χ4v) is 1.61. The number of hydrogen-bond acceptors (Lipinski definition) is 6. The molecule has 7 heteroatoms. The van der Waals surface area contributed by atoms with Gasteiger partial charge in [-0.05, 0) is 25.3 Å². The van der Waals surface area contributed by atoms with Crippen molar-refractivity contribution in [3.8, 4) is 0 Å². The lowest BCUT2D eigenvalue weighted by Crippen LogP contribution is -2.08. The molecule has 0 aliphatic rings. The molecule has 0 amide bonds. The zero-order chi connectivity index (χ0) is 14.8. The van der Waals surface area contributed by atoms with Gasteiger partial charge in [-0.15, -0.1) is 0 Å². The lowest BCUT2D eigenvalue weighted by molar-refractivity contribution is -0.384. The predicted octanol–water partition coefficient (Wildman–Crippen LogP) is 2.15. The lowest BCUT2D eigenvalue weighted by Gasteiger charge is -2.07. The van der Waals surface area contributed by atoms with Crippen LogP contribution in [0.1, 0.15) is 18.4 Å². The van der Waals surface area contributed by atoms with Crippen molar-refractivity contribution in [3.05, 3.63) is 27.9 Å². The van der Waals surface area contributed by atoms with Crippen molar-refractivity contribution >= 4 is 11.5 Å². The molecule has 1 heterocycles. The maximum absolute atomic E-state index is 10.9. The van der Waals surface area contributed by atoms with Crippen LogP contribution in [0.15, 0.2) is 12.3 Å². The van der Waals surface area contributed by atoms with E-state index in [-0.39, 0.29) is 5.69 Å². The van der Waals surface area contributed by atoms with Gasteiger partial charge in [0.1, 0.15) is 0 Å². The highest BCUT2D eigenvalue weighted by Crippen LogP contribution is 2.22. The molecule has 0 saturated carbocycles. The van der Waals surface area contributed by atoms with Gasteiger partial charge in [0.15, 0.2) is 0 Å². The largest absolute Gasteiger partial charge is 0.382 e. The van der Waals surface area contributed by atoms with Gasteiger partial charge in [0, 0.05) is 32.5 Å². The third kappa shape index (κ3) is 5.94. The number of nitro groups is 1. The number of aryl methyl sites for hydroxylation is 1. The number of hydrogen-bond donors (Lipinski definition) is 1. The third-order valence-corrected chi connectivity index (χ3v) is 2.64. The van der Waals surface area contributed by atoms with Gasteiger partial charge in [0.2, 0.25) is 5.82 Å². The van der Waals surface area contributed by atoms with Crippen LogP contribution in [-0.2, 0) is 9.47 Å². The number of aromatic nitrogens is 1. The second-order valence-electron chi connectivity index (χ2n) is 4.38. The highest BCUT2D eigenvalue weighted by Gasteiger charge is 2.14. The van der Waals surface area contributed by atoms with E-state index >= 15 is 0 Å². The van der Waals surface area contributed by atoms with Gasteiger partial charge in [0.05, 0.1) is 18.1 Å². The van der Waals surface area contributed by atoms with Crippen molar-refractivity contribution in [1.82, 2.24) is 4.98 Å². The molecule has 112 valence electrons. The number of unbranched alkanes of at least 4 members (excludes halogenated alkanes) is 1. The average molecular weight is 283 g/mol. The molecule has 7 nitrogen and oxygen atoms in total. The summed E-state index contributed by atoms with van der Waals surface area (Å²) >= 11 is 0. The minimum Gasteiger partial charge on any atom is -0.382 e. The second-order valence-corrected chi connectivity index (χ2v) is 4.38. The van der Waals surface area contributed by atoms with E-state index in [2.05, 4.69) is 10.3 Å². The summed E-state index contributed by atoms with van der Waals surface area (Å²) in [7, 11) is 1.63. The number of rotatable bonds is 10.